The summed E-state index contributed by atoms with van der Waals surface area (Å²) in [5.41, 5.74) is 3.55. The van der Waals surface area contributed by atoms with Gasteiger partial charge in [-0.05, 0) is 67.1 Å². The predicted octanol–water partition coefficient (Wildman–Crippen LogP) is 5.70. The van der Waals surface area contributed by atoms with Gasteiger partial charge in [0.05, 0.1) is 4.91 Å². The highest BCUT2D eigenvalue weighted by molar-refractivity contribution is 8.18. The zero-order valence-corrected chi connectivity index (χ0v) is 20.0. The number of carbonyl (C=O) groups is 3. The van der Waals surface area contributed by atoms with E-state index in [0.29, 0.717) is 22.6 Å². The van der Waals surface area contributed by atoms with E-state index >= 15 is 0 Å². The lowest BCUT2D eigenvalue weighted by molar-refractivity contribution is -0.127. The Morgan fingerprint density at radius 2 is 1.71 bits per heavy atom. The van der Waals surface area contributed by atoms with E-state index in [9.17, 15) is 18.8 Å². The van der Waals surface area contributed by atoms with Crippen LogP contribution in [0.4, 0.5) is 14.9 Å². The van der Waals surface area contributed by atoms with Gasteiger partial charge in [-0.2, -0.15) is 0 Å². The Kier molecular flexibility index (Phi) is 7.31. The molecule has 4 rings (SSSR count). The molecule has 0 spiro atoms. The molecule has 1 heterocycles. The van der Waals surface area contributed by atoms with E-state index in [1.54, 1.807) is 48.5 Å². The monoisotopic (exact) mass is 490 g/mol. The molecule has 3 aromatic carbocycles. The maximum Gasteiger partial charge on any atom is 0.294 e. The quantitative estimate of drug-likeness (QED) is 0.430. The molecule has 8 heteroatoms. The normalized spacial score (nSPS) is 14.5. The van der Waals surface area contributed by atoms with Crippen LogP contribution in [-0.2, 0) is 16.2 Å². The number of rotatable bonds is 7. The molecule has 3 aromatic rings. The number of carbonyl (C=O) groups excluding carboxylic acids is 3. The molecule has 0 aliphatic carbocycles. The number of nitrogens with zero attached hydrogens (tertiary/aromatic N) is 1. The van der Waals surface area contributed by atoms with Crippen molar-refractivity contribution in [1.82, 2.24) is 4.90 Å². The summed E-state index contributed by atoms with van der Waals surface area (Å²) < 4.78 is 19.7. The lowest BCUT2D eigenvalue weighted by Gasteiger charge is -2.13. The number of anilines is 1. The fraction of sp³-hybridized carbons (Fsp3) is 0.148. The van der Waals surface area contributed by atoms with Gasteiger partial charge < -0.3 is 10.1 Å². The third-order valence-electron chi connectivity index (χ3n) is 5.23. The van der Waals surface area contributed by atoms with Crippen LogP contribution in [0.25, 0.3) is 6.08 Å². The van der Waals surface area contributed by atoms with Crippen LogP contribution in [0, 0.1) is 19.7 Å². The van der Waals surface area contributed by atoms with Crippen molar-refractivity contribution >= 4 is 40.6 Å². The number of amides is 3. The van der Waals surface area contributed by atoms with Crippen LogP contribution in [0.3, 0.4) is 0 Å². The van der Waals surface area contributed by atoms with E-state index in [0.717, 1.165) is 27.8 Å². The van der Waals surface area contributed by atoms with Crippen LogP contribution >= 0.6 is 11.8 Å². The van der Waals surface area contributed by atoms with Gasteiger partial charge in [-0.3, -0.25) is 19.3 Å². The van der Waals surface area contributed by atoms with Gasteiger partial charge in [0.1, 0.15) is 24.7 Å². The number of aryl methyl sites for hydroxylation is 2. The van der Waals surface area contributed by atoms with E-state index in [4.69, 9.17) is 4.74 Å². The maximum atomic E-state index is 13.9. The molecular formula is C27H23FN2O4S. The Hall–Kier alpha value is -3.91. The minimum atomic E-state index is -0.556. The number of hydrogen-bond acceptors (Lipinski definition) is 5. The second kappa shape index (κ2) is 10.6. The molecule has 1 aliphatic rings. The van der Waals surface area contributed by atoms with E-state index in [1.165, 1.54) is 6.07 Å². The lowest BCUT2D eigenvalue weighted by atomic mass is 10.1. The third-order valence-corrected chi connectivity index (χ3v) is 6.13. The first kappa shape index (κ1) is 24.2. The molecule has 0 atom stereocenters. The van der Waals surface area contributed by atoms with Crippen LogP contribution < -0.4 is 10.1 Å². The molecule has 1 aliphatic heterocycles. The summed E-state index contributed by atoms with van der Waals surface area (Å²) in [6.45, 7) is 3.46. The van der Waals surface area contributed by atoms with Crippen LogP contribution in [0.5, 0.6) is 5.75 Å². The van der Waals surface area contributed by atoms with Crippen molar-refractivity contribution < 1.29 is 23.5 Å². The van der Waals surface area contributed by atoms with E-state index in [-0.39, 0.29) is 23.9 Å². The summed E-state index contributed by atoms with van der Waals surface area (Å²) in [5.74, 6) is -0.952. The fourth-order valence-corrected chi connectivity index (χ4v) is 4.50. The summed E-state index contributed by atoms with van der Waals surface area (Å²) in [6.07, 6.45) is 1.55. The third kappa shape index (κ3) is 5.96. The average Bonchev–Trinajstić information content (AvgIpc) is 3.06. The van der Waals surface area contributed by atoms with Gasteiger partial charge in [-0.15, -0.1) is 0 Å². The number of imide groups is 1. The van der Waals surface area contributed by atoms with Crippen molar-refractivity contribution in [1.29, 1.82) is 0 Å². The Labute approximate surface area is 206 Å². The van der Waals surface area contributed by atoms with Gasteiger partial charge in [0.25, 0.3) is 11.1 Å². The largest absolute Gasteiger partial charge is 0.488 e. The number of para-hydroxylation sites is 1. The van der Waals surface area contributed by atoms with Crippen LogP contribution in [-0.4, -0.2) is 28.5 Å². The minimum Gasteiger partial charge on any atom is -0.488 e. The summed E-state index contributed by atoms with van der Waals surface area (Å²) in [5, 5.41) is 2.21. The van der Waals surface area contributed by atoms with Crippen molar-refractivity contribution in [2.45, 2.75) is 20.5 Å². The molecule has 3 amide bonds. The highest BCUT2D eigenvalue weighted by Gasteiger charge is 2.36. The second-order valence-corrected chi connectivity index (χ2v) is 9.10. The lowest BCUT2D eigenvalue weighted by Crippen LogP contribution is -2.36. The molecule has 0 saturated carbocycles. The number of ether oxygens (including phenoxy) is 1. The molecule has 0 radical (unpaired) electrons. The van der Waals surface area contributed by atoms with E-state index in [1.807, 2.05) is 32.0 Å². The number of benzene rings is 3. The maximum absolute atomic E-state index is 13.9. The second-order valence-electron chi connectivity index (χ2n) is 8.11. The number of thioether (sulfide) groups is 1. The molecule has 35 heavy (non-hydrogen) atoms. The zero-order valence-electron chi connectivity index (χ0n) is 19.2. The molecule has 1 fully saturated rings. The first-order valence-electron chi connectivity index (χ1n) is 10.9. The predicted molar refractivity (Wildman–Crippen MR) is 134 cm³/mol. The summed E-state index contributed by atoms with van der Waals surface area (Å²) in [6, 6.07) is 18.9. The molecule has 178 valence electrons. The van der Waals surface area contributed by atoms with Gasteiger partial charge in [-0.1, -0.05) is 42.5 Å². The molecule has 0 unspecified atom stereocenters. The van der Waals surface area contributed by atoms with Crippen LogP contribution in [0.15, 0.2) is 71.6 Å². The fourth-order valence-electron chi connectivity index (χ4n) is 3.67. The van der Waals surface area contributed by atoms with E-state index in [2.05, 4.69) is 5.32 Å². The number of halogens is 1. The average molecular weight is 491 g/mol. The Bertz CT molecular complexity index is 1320. The minimum absolute atomic E-state index is 0.0115. The Morgan fingerprint density at radius 3 is 2.46 bits per heavy atom. The smallest absolute Gasteiger partial charge is 0.294 e. The molecular weight excluding hydrogens is 467 g/mol. The van der Waals surface area contributed by atoms with Crippen molar-refractivity contribution in [2.24, 2.45) is 0 Å². The molecule has 1 N–H and O–H groups in total. The van der Waals surface area contributed by atoms with Gasteiger partial charge in [-0.25, -0.2) is 4.39 Å². The van der Waals surface area contributed by atoms with Gasteiger partial charge in [0.2, 0.25) is 5.91 Å². The molecule has 0 bridgehead atoms. The highest BCUT2D eigenvalue weighted by Crippen LogP contribution is 2.34. The first-order valence-corrected chi connectivity index (χ1v) is 11.7. The van der Waals surface area contributed by atoms with Crippen molar-refractivity contribution in [3.8, 4) is 5.75 Å². The van der Waals surface area contributed by atoms with Crippen LogP contribution in [0.1, 0.15) is 22.3 Å². The summed E-state index contributed by atoms with van der Waals surface area (Å²) >= 11 is 0.758. The van der Waals surface area contributed by atoms with Crippen LogP contribution in [0.2, 0.25) is 0 Å². The van der Waals surface area contributed by atoms with E-state index < -0.39 is 17.1 Å². The zero-order chi connectivity index (χ0) is 24.9. The van der Waals surface area contributed by atoms with Crippen molar-refractivity contribution in [3.05, 3.63) is 99.7 Å². The number of hydrogen-bond donors (Lipinski definition) is 1. The Balaban J connectivity index is 1.46. The molecule has 6 nitrogen and oxygen atoms in total. The standard InChI is InChI=1S/C27H23FN2O4S/c1-17-11-18(2)13-21(12-17)29-25(31)15-30-26(32)24(35-27(30)33)14-19-7-4-6-10-23(19)34-16-20-8-3-5-9-22(20)28/h3-14H,15-16H2,1-2H3,(H,29,31)/b24-14+. The van der Waals surface area contributed by atoms with Gasteiger partial charge >= 0.3 is 0 Å². The number of nitrogens with one attached hydrogen (secondary N) is 1. The van der Waals surface area contributed by atoms with Gasteiger partial charge in [0.15, 0.2) is 0 Å². The summed E-state index contributed by atoms with van der Waals surface area (Å²) in [4.78, 5) is 39.0. The van der Waals surface area contributed by atoms with Crippen molar-refractivity contribution in [2.75, 3.05) is 11.9 Å². The summed E-state index contributed by atoms with van der Waals surface area (Å²) in [7, 11) is 0. The molecule has 1 saturated heterocycles. The Morgan fingerprint density at radius 1 is 1.03 bits per heavy atom. The van der Waals surface area contributed by atoms with Gasteiger partial charge in [0, 0.05) is 16.8 Å². The van der Waals surface area contributed by atoms with Crippen molar-refractivity contribution in [3.63, 3.8) is 0 Å². The first-order chi connectivity index (χ1) is 16.8. The molecule has 0 aromatic heterocycles. The SMILES string of the molecule is Cc1cc(C)cc(NC(=O)CN2C(=O)S/C(=C/c3ccccc3OCc3ccccc3F)C2=O)c1. The topological polar surface area (TPSA) is 75.7 Å². The highest BCUT2D eigenvalue weighted by atomic mass is 32.2.